The van der Waals surface area contributed by atoms with Gasteiger partial charge in [0, 0.05) is 5.56 Å². The molecular weight excluding hydrogens is 399 g/mol. The van der Waals surface area contributed by atoms with E-state index in [1.807, 2.05) is 0 Å². The fourth-order valence-corrected chi connectivity index (χ4v) is 3.38. The van der Waals surface area contributed by atoms with Crippen LogP contribution in [0.1, 0.15) is 24.4 Å². The Balaban J connectivity index is 1.83. The summed E-state index contributed by atoms with van der Waals surface area (Å²) in [7, 11) is 0. The van der Waals surface area contributed by atoms with Gasteiger partial charge < -0.3 is 15.4 Å². The minimum Gasteiger partial charge on any atom is -0.434 e. The van der Waals surface area contributed by atoms with Gasteiger partial charge in [-0.3, -0.25) is 4.79 Å². The third-order valence-corrected chi connectivity index (χ3v) is 5.13. The summed E-state index contributed by atoms with van der Waals surface area (Å²) in [4.78, 5) is 23.3. The fourth-order valence-electron chi connectivity index (χ4n) is 3.21. The smallest absolute Gasteiger partial charge is 0.408 e. The normalized spacial score (nSPS) is 26.0. The number of benzene rings is 1. The molecule has 27 heavy (non-hydrogen) atoms. The van der Waals surface area contributed by atoms with E-state index in [0.29, 0.717) is 0 Å². The molecule has 1 aromatic rings. The zero-order chi connectivity index (χ0) is 19.9. The number of ether oxygens (including phenoxy) is 1. The lowest BCUT2D eigenvalue weighted by molar-refractivity contribution is -0.207. The van der Waals surface area contributed by atoms with Crippen molar-refractivity contribution in [2.75, 3.05) is 6.54 Å². The van der Waals surface area contributed by atoms with Crippen LogP contribution in [0.15, 0.2) is 12.1 Å². The van der Waals surface area contributed by atoms with Crippen LogP contribution in [0, 0.1) is 23.5 Å². The van der Waals surface area contributed by atoms with Gasteiger partial charge in [-0.05, 0) is 24.8 Å². The monoisotopic (exact) mass is 412 g/mol. The molecule has 1 heterocycles. The number of amides is 2. The van der Waals surface area contributed by atoms with E-state index >= 15 is 0 Å². The number of hydrogen-bond donors (Lipinski definition) is 2. The molecule has 1 saturated carbocycles. The summed E-state index contributed by atoms with van der Waals surface area (Å²) in [6.07, 6.45) is -7.06. The van der Waals surface area contributed by atoms with Crippen LogP contribution >= 0.6 is 11.6 Å². The van der Waals surface area contributed by atoms with Gasteiger partial charge in [-0.25, -0.2) is 13.6 Å². The topological polar surface area (TPSA) is 67.4 Å². The maximum atomic E-state index is 14.4. The zero-order valence-corrected chi connectivity index (χ0v) is 14.3. The molecule has 1 aliphatic heterocycles. The summed E-state index contributed by atoms with van der Waals surface area (Å²) < 4.78 is 70.9. The first-order chi connectivity index (χ1) is 12.6. The quantitative estimate of drug-likeness (QED) is 0.588. The Kier molecular flexibility index (Phi) is 5.20. The van der Waals surface area contributed by atoms with E-state index in [1.54, 1.807) is 0 Å². The lowest BCUT2D eigenvalue weighted by atomic mass is 9.69. The van der Waals surface area contributed by atoms with Crippen LogP contribution in [0.4, 0.5) is 26.7 Å². The van der Waals surface area contributed by atoms with Gasteiger partial charge in [0.15, 0.2) is 6.10 Å². The molecule has 2 N–H and O–H groups in total. The minimum absolute atomic E-state index is 0.125. The number of rotatable bonds is 4. The van der Waals surface area contributed by atoms with Crippen molar-refractivity contribution >= 4 is 23.6 Å². The molecule has 5 nitrogen and oxygen atoms in total. The second-order valence-corrected chi connectivity index (χ2v) is 6.87. The molecule has 1 aromatic carbocycles. The van der Waals surface area contributed by atoms with E-state index in [4.69, 9.17) is 16.3 Å². The first kappa shape index (κ1) is 19.7. The third-order valence-electron chi connectivity index (χ3n) is 4.78. The van der Waals surface area contributed by atoms with Crippen LogP contribution in [0.5, 0.6) is 0 Å². The van der Waals surface area contributed by atoms with Crippen molar-refractivity contribution in [1.82, 2.24) is 10.6 Å². The number of alkyl carbamates (subject to hydrolysis) is 1. The maximum absolute atomic E-state index is 14.4. The largest absolute Gasteiger partial charge is 0.434 e. The molecule has 148 valence electrons. The molecule has 0 bridgehead atoms. The van der Waals surface area contributed by atoms with Gasteiger partial charge in [-0.15, -0.1) is 0 Å². The molecule has 0 radical (unpaired) electrons. The van der Waals surface area contributed by atoms with Crippen molar-refractivity contribution in [1.29, 1.82) is 0 Å². The standard InChI is InChI=1S/C16H14ClF5N2O3/c17-11-9(18)2-1-8(12(11)19)13(6-3-7(4-6)16(20,21)22)24-14(25)10-5-23-15(26)27-10/h1-2,6-7,10,13H,3-5H2,(H,23,26)(H,24,25)/t6?,7?,10-,13?/m0/s1. The molecule has 1 aliphatic carbocycles. The highest BCUT2D eigenvalue weighted by molar-refractivity contribution is 6.31. The SMILES string of the molecule is O=C1NC[C@@H](C(=O)NC(c2ccc(F)c(Cl)c2F)C2CC(C(F)(F)F)C2)O1. The van der Waals surface area contributed by atoms with Crippen molar-refractivity contribution in [2.24, 2.45) is 11.8 Å². The van der Waals surface area contributed by atoms with Crippen molar-refractivity contribution in [3.63, 3.8) is 0 Å². The van der Waals surface area contributed by atoms with Gasteiger partial charge in [-0.1, -0.05) is 17.7 Å². The second kappa shape index (κ2) is 7.14. The van der Waals surface area contributed by atoms with E-state index in [2.05, 4.69) is 10.6 Å². The molecular formula is C16H14ClF5N2O3. The average Bonchev–Trinajstić information content (AvgIpc) is 2.96. The van der Waals surface area contributed by atoms with E-state index in [9.17, 15) is 31.5 Å². The molecule has 2 fully saturated rings. The van der Waals surface area contributed by atoms with Crippen molar-refractivity contribution in [2.45, 2.75) is 31.2 Å². The maximum Gasteiger partial charge on any atom is 0.408 e. The average molecular weight is 413 g/mol. The Bertz CT molecular complexity index is 767. The van der Waals surface area contributed by atoms with Crippen molar-refractivity contribution in [3.05, 3.63) is 34.4 Å². The highest BCUT2D eigenvalue weighted by atomic mass is 35.5. The highest BCUT2D eigenvalue weighted by Crippen LogP contribution is 2.50. The van der Waals surface area contributed by atoms with Crippen LogP contribution in [0.25, 0.3) is 0 Å². The van der Waals surface area contributed by atoms with E-state index in [1.165, 1.54) is 0 Å². The molecule has 1 saturated heterocycles. The van der Waals surface area contributed by atoms with Crippen LogP contribution < -0.4 is 10.6 Å². The Morgan fingerprint density at radius 2 is 1.96 bits per heavy atom. The lowest BCUT2D eigenvalue weighted by Gasteiger charge is -2.41. The summed E-state index contributed by atoms with van der Waals surface area (Å²) in [5, 5.41) is 3.86. The first-order valence-corrected chi connectivity index (χ1v) is 8.40. The predicted molar refractivity (Wildman–Crippen MR) is 82.8 cm³/mol. The van der Waals surface area contributed by atoms with E-state index in [0.717, 1.165) is 12.1 Å². The number of carbonyl (C=O) groups excluding carboxylic acids is 2. The molecule has 2 atom stereocenters. The molecule has 1 unspecified atom stereocenters. The predicted octanol–water partition coefficient (Wildman–Crippen LogP) is 3.47. The summed E-state index contributed by atoms with van der Waals surface area (Å²) in [5.74, 6) is -5.28. The number of hydrogen-bond acceptors (Lipinski definition) is 3. The molecule has 2 aliphatic rings. The van der Waals surface area contributed by atoms with Gasteiger partial charge in [-0.2, -0.15) is 13.2 Å². The van der Waals surface area contributed by atoms with Crippen LogP contribution in [-0.4, -0.2) is 30.8 Å². The van der Waals surface area contributed by atoms with Gasteiger partial charge in [0.05, 0.1) is 18.5 Å². The van der Waals surface area contributed by atoms with Crippen LogP contribution in [0.2, 0.25) is 5.02 Å². The summed E-state index contributed by atoms with van der Waals surface area (Å²) in [5.41, 5.74) is -0.224. The van der Waals surface area contributed by atoms with Crippen LogP contribution in [-0.2, 0) is 9.53 Å². The van der Waals surface area contributed by atoms with Crippen molar-refractivity contribution < 1.29 is 36.3 Å². The number of alkyl halides is 3. The summed E-state index contributed by atoms with van der Waals surface area (Å²) in [6, 6.07) is 0.728. The number of halogens is 6. The van der Waals surface area contributed by atoms with Crippen molar-refractivity contribution in [3.8, 4) is 0 Å². The Morgan fingerprint density at radius 3 is 2.52 bits per heavy atom. The number of carbonyl (C=O) groups is 2. The summed E-state index contributed by atoms with van der Waals surface area (Å²) in [6.45, 7) is -0.125. The van der Waals surface area contributed by atoms with Gasteiger partial charge in [0.1, 0.15) is 16.7 Å². The number of cyclic esters (lactones) is 1. The minimum atomic E-state index is -4.39. The first-order valence-electron chi connectivity index (χ1n) is 8.03. The Hall–Kier alpha value is -2.10. The molecule has 11 heteroatoms. The third kappa shape index (κ3) is 3.95. The molecule has 2 amide bonds. The van der Waals surface area contributed by atoms with Gasteiger partial charge in [0.25, 0.3) is 5.91 Å². The second-order valence-electron chi connectivity index (χ2n) is 6.50. The zero-order valence-electron chi connectivity index (χ0n) is 13.6. The van der Waals surface area contributed by atoms with Gasteiger partial charge >= 0.3 is 12.3 Å². The Morgan fingerprint density at radius 1 is 1.30 bits per heavy atom. The highest BCUT2D eigenvalue weighted by Gasteiger charge is 2.51. The molecule has 0 aromatic heterocycles. The molecule has 3 rings (SSSR count). The lowest BCUT2D eigenvalue weighted by Crippen LogP contribution is -2.47. The van der Waals surface area contributed by atoms with E-state index in [-0.39, 0.29) is 24.9 Å². The summed E-state index contributed by atoms with van der Waals surface area (Å²) >= 11 is 5.55. The van der Waals surface area contributed by atoms with E-state index < -0.39 is 58.8 Å². The fraction of sp³-hybridized carbons (Fsp3) is 0.500. The molecule has 0 spiro atoms. The Labute approximate surface area is 155 Å². The van der Waals surface area contributed by atoms with Gasteiger partial charge in [0.2, 0.25) is 0 Å². The van der Waals surface area contributed by atoms with Crippen LogP contribution in [0.3, 0.4) is 0 Å². The number of nitrogens with one attached hydrogen (secondary N) is 2.